The van der Waals surface area contributed by atoms with Crippen LogP contribution in [0.25, 0.3) is 0 Å². The molecule has 0 aromatic heterocycles. The summed E-state index contributed by atoms with van der Waals surface area (Å²) >= 11 is 8.82. The lowest BCUT2D eigenvalue weighted by atomic mass is 10.2. The molecule has 0 aliphatic heterocycles. The fourth-order valence-corrected chi connectivity index (χ4v) is 1.42. The predicted octanol–water partition coefficient (Wildman–Crippen LogP) is 1.78. The second kappa shape index (κ2) is 12.7. The second-order valence-electron chi connectivity index (χ2n) is 4.95. The van der Waals surface area contributed by atoms with E-state index in [9.17, 15) is 4.79 Å². The molecule has 0 amide bonds. The molecule has 0 spiro atoms. The summed E-state index contributed by atoms with van der Waals surface area (Å²) in [6.07, 6.45) is 0. The zero-order chi connectivity index (χ0) is 18.0. The number of aromatic hydroxyl groups is 1. The van der Waals surface area contributed by atoms with Gasteiger partial charge in [0, 0.05) is 0 Å². The fraction of sp³-hybridized carbons (Fsp3) is 0.417. The quantitative estimate of drug-likeness (QED) is 0.229. The highest BCUT2D eigenvalue weighted by molar-refractivity contribution is 8.50. The highest BCUT2D eigenvalue weighted by Gasteiger charge is 2.05. The SMILES string of the molecule is C[N+](C)(C)CCCl.Cl.O=C(O)c1ccccc1O.O=S(=O)(O)[S-]. The smallest absolute Gasteiger partial charge is 0.339 e. The molecule has 23 heavy (non-hydrogen) atoms. The summed E-state index contributed by atoms with van der Waals surface area (Å²) in [5.74, 6) is -0.558. The Bertz CT molecular complexity index is 553. The van der Waals surface area contributed by atoms with Crippen LogP contribution in [0.5, 0.6) is 5.75 Å². The highest BCUT2D eigenvalue weighted by Crippen LogP contribution is 2.14. The van der Waals surface area contributed by atoms with Crippen molar-refractivity contribution in [1.29, 1.82) is 0 Å². The third kappa shape index (κ3) is 23.7. The standard InChI is InChI=1S/C7H6O3.C5H13ClN.ClH.H2O3S2/c8-6-4-2-1-3-5(6)7(9)10;1-7(2,3)5-4-6;;1-5(2,3)4/h1-4,8H,(H,9,10);4-5H2,1-3H3;1H;(H2,1,2,3,4)/q;+1;;/p-1. The van der Waals surface area contributed by atoms with Crippen LogP contribution in [-0.4, -0.2) is 67.2 Å². The second-order valence-corrected chi connectivity index (χ2v) is 7.45. The molecule has 7 nitrogen and oxygen atoms in total. The van der Waals surface area contributed by atoms with Gasteiger partial charge in [0.2, 0.25) is 0 Å². The molecule has 3 N–H and O–H groups in total. The number of nitrogens with zero attached hydrogens (tertiary/aromatic N) is 1. The molecule has 0 atom stereocenters. The largest absolute Gasteiger partial charge is 0.619 e. The number of hydrogen-bond acceptors (Lipinski definition) is 5. The minimum atomic E-state index is -4.08. The van der Waals surface area contributed by atoms with E-state index in [0.717, 1.165) is 16.9 Å². The molecule has 0 unspecified atom stereocenters. The first-order valence-corrected chi connectivity index (χ1v) is 8.74. The van der Waals surface area contributed by atoms with E-state index in [0.29, 0.717) is 0 Å². The Balaban J connectivity index is -0.000000273. The summed E-state index contributed by atoms with van der Waals surface area (Å²) < 4.78 is 26.3. The van der Waals surface area contributed by atoms with Crippen molar-refractivity contribution in [1.82, 2.24) is 0 Å². The lowest BCUT2D eigenvalue weighted by Crippen LogP contribution is -2.35. The summed E-state index contributed by atoms with van der Waals surface area (Å²) in [4.78, 5) is 10.3. The van der Waals surface area contributed by atoms with Crippen molar-refractivity contribution in [2.24, 2.45) is 0 Å². The van der Waals surface area contributed by atoms with Gasteiger partial charge in [-0.05, 0) is 12.1 Å². The fourth-order valence-electron chi connectivity index (χ4n) is 0.908. The van der Waals surface area contributed by atoms with Crippen LogP contribution in [0.2, 0.25) is 0 Å². The lowest BCUT2D eigenvalue weighted by molar-refractivity contribution is -0.867. The zero-order valence-corrected chi connectivity index (χ0v) is 16.0. The van der Waals surface area contributed by atoms with Gasteiger partial charge in [-0.1, -0.05) is 12.1 Å². The van der Waals surface area contributed by atoms with Gasteiger partial charge in [0.25, 0.3) is 0 Å². The third-order valence-corrected chi connectivity index (χ3v) is 2.06. The van der Waals surface area contributed by atoms with E-state index >= 15 is 0 Å². The maximum atomic E-state index is 10.3. The molecule has 1 aromatic rings. The van der Waals surface area contributed by atoms with E-state index in [1.165, 1.54) is 12.1 Å². The maximum absolute atomic E-state index is 10.3. The van der Waals surface area contributed by atoms with Crippen molar-refractivity contribution in [3.8, 4) is 5.75 Å². The summed E-state index contributed by atoms with van der Waals surface area (Å²) in [7, 11) is 2.30. The molecular weight excluding hydrogens is 389 g/mol. The van der Waals surface area contributed by atoms with Crippen LogP contribution >= 0.6 is 24.0 Å². The Kier molecular flexibility index (Phi) is 15.0. The predicted molar refractivity (Wildman–Crippen MR) is 94.8 cm³/mol. The van der Waals surface area contributed by atoms with Crippen LogP contribution in [0.3, 0.4) is 0 Å². The molecule has 0 bridgehead atoms. The first kappa shape index (κ1) is 27.2. The number of rotatable bonds is 3. The van der Waals surface area contributed by atoms with E-state index in [1.807, 2.05) is 0 Å². The van der Waals surface area contributed by atoms with Crippen molar-refractivity contribution >= 4 is 50.8 Å². The van der Waals surface area contributed by atoms with E-state index in [-0.39, 0.29) is 23.7 Å². The molecule has 1 aromatic carbocycles. The Hall–Kier alpha value is -0.710. The normalized spacial score (nSPS) is 10.2. The molecule has 1 rings (SSSR count). The monoisotopic (exact) mass is 409 g/mol. The number of carboxylic acids is 1. The molecule has 0 saturated carbocycles. The van der Waals surface area contributed by atoms with Crippen molar-refractivity contribution < 1.29 is 32.5 Å². The number of quaternary nitrogens is 1. The number of phenols is 1. The van der Waals surface area contributed by atoms with Crippen LogP contribution in [0.4, 0.5) is 0 Å². The molecular formula is C12H21Cl2NO6S2. The van der Waals surface area contributed by atoms with Gasteiger partial charge in [-0.3, -0.25) is 0 Å². The molecule has 0 radical (unpaired) electrons. The number of alkyl halides is 1. The topological polar surface area (TPSA) is 112 Å². The van der Waals surface area contributed by atoms with Crippen LogP contribution in [0.15, 0.2) is 24.3 Å². The molecule has 0 heterocycles. The number of carbonyl (C=O) groups is 1. The average Bonchev–Trinajstić information content (AvgIpc) is 2.25. The van der Waals surface area contributed by atoms with Gasteiger partial charge < -0.3 is 30.9 Å². The van der Waals surface area contributed by atoms with E-state index < -0.39 is 15.1 Å². The summed E-state index contributed by atoms with van der Waals surface area (Å²) in [5, 5.41) is 17.3. The van der Waals surface area contributed by atoms with Gasteiger partial charge >= 0.3 is 5.97 Å². The van der Waals surface area contributed by atoms with Gasteiger partial charge in [0.05, 0.1) is 33.6 Å². The van der Waals surface area contributed by atoms with E-state index in [2.05, 4.69) is 32.8 Å². The van der Waals surface area contributed by atoms with Gasteiger partial charge in [0.1, 0.15) is 20.5 Å². The molecule has 136 valence electrons. The summed E-state index contributed by atoms with van der Waals surface area (Å²) in [6.45, 7) is 1.04. The lowest BCUT2D eigenvalue weighted by Gasteiger charge is -2.21. The number of aromatic carboxylic acids is 1. The van der Waals surface area contributed by atoms with Gasteiger partial charge in [0.15, 0.2) is 0 Å². The number of carboxylic acid groups (broad SMARTS) is 1. The molecule has 0 saturated heterocycles. The molecule has 0 aliphatic rings. The van der Waals surface area contributed by atoms with Crippen LogP contribution in [0.1, 0.15) is 10.4 Å². The first-order chi connectivity index (χ1) is 9.78. The average molecular weight is 410 g/mol. The Labute approximate surface area is 152 Å². The number of para-hydroxylation sites is 1. The van der Waals surface area contributed by atoms with Gasteiger partial charge in [-0.2, -0.15) is 0 Å². The Morgan fingerprint density at radius 2 is 1.65 bits per heavy atom. The van der Waals surface area contributed by atoms with Crippen LogP contribution in [-0.2, 0) is 20.8 Å². The molecule has 11 heteroatoms. The number of halogens is 2. The van der Waals surface area contributed by atoms with Crippen molar-refractivity contribution in [2.45, 2.75) is 0 Å². The highest BCUT2D eigenvalue weighted by atomic mass is 35.5. The number of benzene rings is 1. The van der Waals surface area contributed by atoms with Crippen molar-refractivity contribution in [3.63, 3.8) is 0 Å². The van der Waals surface area contributed by atoms with Crippen LogP contribution in [0, 0.1) is 0 Å². The minimum Gasteiger partial charge on any atom is -0.619 e. The molecule has 0 fully saturated rings. The first-order valence-electron chi connectivity index (χ1n) is 5.84. The van der Waals surface area contributed by atoms with Crippen molar-refractivity contribution in [3.05, 3.63) is 29.8 Å². The third-order valence-electron chi connectivity index (χ3n) is 1.89. The van der Waals surface area contributed by atoms with Gasteiger partial charge in [-0.25, -0.2) is 13.2 Å². The molecule has 0 aliphatic carbocycles. The van der Waals surface area contributed by atoms with Gasteiger partial charge in [-0.15, -0.1) is 24.0 Å². The maximum Gasteiger partial charge on any atom is 0.339 e. The van der Waals surface area contributed by atoms with E-state index in [1.54, 1.807) is 12.1 Å². The zero-order valence-electron chi connectivity index (χ0n) is 12.8. The van der Waals surface area contributed by atoms with Crippen LogP contribution < -0.4 is 0 Å². The minimum absolute atomic E-state index is 0. The Morgan fingerprint density at radius 3 is 1.83 bits per heavy atom. The Morgan fingerprint density at radius 1 is 1.26 bits per heavy atom. The van der Waals surface area contributed by atoms with E-state index in [4.69, 9.17) is 34.8 Å². The summed E-state index contributed by atoms with van der Waals surface area (Å²) in [6, 6.07) is 5.81. The summed E-state index contributed by atoms with van der Waals surface area (Å²) in [5.41, 5.74) is -0.0671. The number of hydrogen-bond donors (Lipinski definition) is 3. The van der Waals surface area contributed by atoms with Crippen molar-refractivity contribution in [2.75, 3.05) is 33.6 Å².